The fraction of sp³-hybridized carbons (Fsp3) is 0.375. The summed E-state index contributed by atoms with van der Waals surface area (Å²) in [4.78, 5) is 24.7. The van der Waals surface area contributed by atoms with Crippen molar-refractivity contribution in [1.82, 2.24) is 0 Å². The first-order valence-electron chi connectivity index (χ1n) is 7.27. The summed E-state index contributed by atoms with van der Waals surface area (Å²) in [5, 5.41) is 2.37. The number of hydrogen-bond donors (Lipinski definition) is 1. The molecule has 5 nitrogen and oxygen atoms in total. The number of rotatable bonds is 4. The van der Waals surface area contributed by atoms with E-state index in [1.165, 1.54) is 17.8 Å². The van der Waals surface area contributed by atoms with Crippen molar-refractivity contribution in [3.8, 4) is 0 Å². The monoisotopic (exact) mass is 373 g/mol. The Labute approximate surface area is 148 Å². The molecule has 24 heavy (non-hydrogen) atoms. The van der Waals surface area contributed by atoms with Gasteiger partial charge in [0.1, 0.15) is 16.5 Å². The number of hydrogen-bond acceptors (Lipinski definition) is 5. The van der Waals surface area contributed by atoms with Crippen LogP contribution in [0.15, 0.2) is 22.8 Å². The van der Waals surface area contributed by atoms with Crippen LogP contribution in [0.2, 0.25) is 5.02 Å². The van der Waals surface area contributed by atoms with Crippen LogP contribution in [0.1, 0.15) is 31.1 Å². The summed E-state index contributed by atoms with van der Waals surface area (Å²) >= 11 is 7.23. The average molecular weight is 374 g/mol. The van der Waals surface area contributed by atoms with Gasteiger partial charge in [0.25, 0.3) is 5.91 Å². The van der Waals surface area contributed by atoms with Crippen molar-refractivity contribution in [2.45, 2.75) is 26.9 Å². The van der Waals surface area contributed by atoms with E-state index in [-0.39, 0.29) is 22.4 Å². The van der Waals surface area contributed by atoms with Gasteiger partial charge in [-0.3, -0.25) is 4.79 Å². The molecule has 0 bridgehead atoms. The van der Waals surface area contributed by atoms with Crippen LogP contribution < -0.4 is 5.32 Å². The smallest absolute Gasteiger partial charge is 0.339 e. The molecule has 1 N–H and O–H groups in total. The van der Waals surface area contributed by atoms with Crippen molar-refractivity contribution in [3.05, 3.63) is 39.2 Å². The second-order valence-electron chi connectivity index (χ2n) is 5.30. The second kappa shape index (κ2) is 7.90. The first-order chi connectivity index (χ1) is 11.3. The first kappa shape index (κ1) is 18.6. The maximum atomic E-state index is 14.1. The number of halogens is 2. The van der Waals surface area contributed by atoms with E-state index in [1.807, 2.05) is 0 Å². The number of ether oxygens (including phenoxy) is 2. The first-order valence-corrected chi connectivity index (χ1v) is 8.63. The molecular weight excluding hydrogens is 357 g/mol. The topological polar surface area (TPSA) is 64.6 Å². The summed E-state index contributed by atoms with van der Waals surface area (Å²) in [7, 11) is 0. The van der Waals surface area contributed by atoms with Gasteiger partial charge in [-0.1, -0.05) is 11.6 Å². The number of anilines is 1. The van der Waals surface area contributed by atoms with Gasteiger partial charge >= 0.3 is 5.97 Å². The molecular formula is C16H17ClFNO4S. The minimum Gasteiger partial charge on any atom is -0.496 e. The zero-order valence-electron chi connectivity index (χ0n) is 13.4. The number of carbonyl (C=O) groups excluding carboxylic acids is 2. The fourth-order valence-electron chi connectivity index (χ4n) is 1.99. The highest BCUT2D eigenvalue weighted by molar-refractivity contribution is 8.04. The predicted octanol–water partition coefficient (Wildman–Crippen LogP) is 3.98. The SMILES string of the molecule is CC1=C(C(=O)Nc2cc(C(=O)OC(C)C)c(Cl)cc2F)SCCO1. The lowest BCUT2D eigenvalue weighted by Gasteiger charge is -2.18. The van der Waals surface area contributed by atoms with Crippen LogP contribution in [0.4, 0.5) is 10.1 Å². The number of thioether (sulfide) groups is 1. The van der Waals surface area contributed by atoms with Gasteiger partial charge in [0.2, 0.25) is 0 Å². The second-order valence-corrected chi connectivity index (χ2v) is 6.81. The molecule has 1 aliphatic rings. The third-order valence-corrected chi connectivity index (χ3v) is 4.49. The lowest BCUT2D eigenvalue weighted by Crippen LogP contribution is -2.19. The van der Waals surface area contributed by atoms with Crippen molar-refractivity contribution < 1.29 is 23.5 Å². The van der Waals surface area contributed by atoms with Gasteiger partial charge in [-0.25, -0.2) is 9.18 Å². The molecule has 1 aromatic rings. The van der Waals surface area contributed by atoms with Crippen LogP contribution >= 0.6 is 23.4 Å². The Bertz CT molecular complexity index is 706. The number of benzene rings is 1. The van der Waals surface area contributed by atoms with Crippen LogP contribution in [-0.2, 0) is 14.3 Å². The lowest BCUT2D eigenvalue weighted by molar-refractivity contribution is -0.112. The van der Waals surface area contributed by atoms with Gasteiger partial charge < -0.3 is 14.8 Å². The van der Waals surface area contributed by atoms with Crippen LogP contribution in [-0.4, -0.2) is 30.3 Å². The summed E-state index contributed by atoms with van der Waals surface area (Å²) in [6, 6.07) is 2.14. The van der Waals surface area contributed by atoms with Crippen molar-refractivity contribution in [2.24, 2.45) is 0 Å². The zero-order valence-corrected chi connectivity index (χ0v) is 15.0. The molecule has 0 radical (unpaired) electrons. The van der Waals surface area contributed by atoms with Gasteiger partial charge in [0.05, 0.1) is 29.0 Å². The number of carbonyl (C=O) groups is 2. The van der Waals surface area contributed by atoms with Gasteiger partial charge in [-0.05, 0) is 32.9 Å². The highest BCUT2D eigenvalue weighted by Crippen LogP contribution is 2.29. The number of esters is 1. The summed E-state index contributed by atoms with van der Waals surface area (Å²) in [5.41, 5.74) is -0.160. The van der Waals surface area contributed by atoms with E-state index >= 15 is 0 Å². The molecule has 2 rings (SSSR count). The summed E-state index contributed by atoms with van der Waals surface area (Å²) in [5.74, 6) is -0.806. The minimum atomic E-state index is -0.741. The molecule has 1 aromatic carbocycles. The molecule has 1 amide bonds. The van der Waals surface area contributed by atoms with Crippen molar-refractivity contribution in [1.29, 1.82) is 0 Å². The summed E-state index contributed by atoms with van der Waals surface area (Å²) < 4.78 is 24.4. The zero-order chi connectivity index (χ0) is 17.9. The van der Waals surface area contributed by atoms with Crippen molar-refractivity contribution in [2.75, 3.05) is 17.7 Å². The van der Waals surface area contributed by atoms with E-state index in [2.05, 4.69) is 5.32 Å². The quantitative estimate of drug-likeness (QED) is 0.809. The van der Waals surface area contributed by atoms with Gasteiger partial charge in [0.15, 0.2) is 0 Å². The average Bonchev–Trinajstić information content (AvgIpc) is 2.49. The molecule has 1 aliphatic heterocycles. The lowest BCUT2D eigenvalue weighted by atomic mass is 10.2. The van der Waals surface area contributed by atoms with Crippen LogP contribution in [0.3, 0.4) is 0 Å². The Morgan fingerprint density at radius 3 is 2.75 bits per heavy atom. The van der Waals surface area contributed by atoms with Gasteiger partial charge in [-0.15, -0.1) is 11.8 Å². The Kier molecular flexibility index (Phi) is 6.12. The maximum absolute atomic E-state index is 14.1. The third-order valence-electron chi connectivity index (χ3n) is 3.04. The van der Waals surface area contributed by atoms with Crippen molar-refractivity contribution >= 4 is 40.9 Å². The largest absolute Gasteiger partial charge is 0.496 e. The highest BCUT2D eigenvalue weighted by atomic mass is 35.5. The van der Waals surface area contributed by atoms with E-state index in [0.717, 1.165) is 6.07 Å². The molecule has 1 heterocycles. The Morgan fingerprint density at radius 2 is 2.12 bits per heavy atom. The number of nitrogens with one attached hydrogen (secondary N) is 1. The van der Waals surface area contributed by atoms with Crippen LogP contribution in [0.5, 0.6) is 0 Å². The molecule has 0 aliphatic carbocycles. The molecule has 0 unspecified atom stereocenters. The normalized spacial score (nSPS) is 14.4. The fourth-order valence-corrected chi connectivity index (χ4v) is 3.03. The van der Waals surface area contributed by atoms with E-state index in [4.69, 9.17) is 21.1 Å². The Hall–Kier alpha value is -1.73. The molecule has 8 heteroatoms. The minimum absolute atomic E-state index is 0.0136. The molecule has 0 spiro atoms. The molecule has 0 atom stereocenters. The molecule has 0 saturated carbocycles. The van der Waals surface area contributed by atoms with Crippen LogP contribution in [0.25, 0.3) is 0 Å². The summed E-state index contributed by atoms with van der Waals surface area (Å²) in [6.45, 7) is 5.57. The van der Waals surface area contributed by atoms with E-state index in [9.17, 15) is 14.0 Å². The van der Waals surface area contributed by atoms with E-state index in [1.54, 1.807) is 20.8 Å². The number of allylic oxidation sites excluding steroid dienone is 1. The predicted molar refractivity (Wildman–Crippen MR) is 91.7 cm³/mol. The highest BCUT2D eigenvalue weighted by Gasteiger charge is 2.22. The molecule has 0 saturated heterocycles. The summed E-state index contributed by atoms with van der Waals surface area (Å²) in [6.07, 6.45) is -0.347. The molecule has 0 aromatic heterocycles. The maximum Gasteiger partial charge on any atom is 0.339 e. The molecule has 130 valence electrons. The Balaban J connectivity index is 2.27. The van der Waals surface area contributed by atoms with E-state index < -0.39 is 17.7 Å². The standard InChI is InChI=1S/C16H17ClFNO4S/c1-8(2)23-16(21)10-6-13(12(18)7-11(10)17)19-15(20)14-9(3)22-4-5-24-14/h6-8H,4-5H2,1-3H3,(H,19,20). The molecule has 0 fully saturated rings. The van der Waals surface area contributed by atoms with Crippen LogP contribution in [0, 0.1) is 5.82 Å². The third kappa shape index (κ3) is 4.42. The van der Waals surface area contributed by atoms with Gasteiger partial charge in [-0.2, -0.15) is 0 Å². The Morgan fingerprint density at radius 1 is 1.42 bits per heavy atom. The number of amides is 1. The van der Waals surface area contributed by atoms with E-state index in [0.29, 0.717) is 23.0 Å². The van der Waals surface area contributed by atoms with Crippen molar-refractivity contribution in [3.63, 3.8) is 0 Å². The van der Waals surface area contributed by atoms with Gasteiger partial charge in [0, 0.05) is 5.75 Å².